The Morgan fingerprint density at radius 2 is 1.88 bits per heavy atom. The molecule has 0 spiro atoms. The molecule has 0 aromatic heterocycles. The fraction of sp³-hybridized carbons (Fsp3) is 0.571. The van der Waals surface area contributed by atoms with Crippen molar-refractivity contribution in [1.82, 2.24) is 0 Å². The number of hydrogen-bond donors (Lipinski definition) is 1. The third-order valence-corrected chi connectivity index (χ3v) is 3.10. The molecule has 0 atom stereocenters. The zero-order valence-corrected chi connectivity index (χ0v) is 11.8. The van der Waals surface area contributed by atoms with Crippen LogP contribution in [0.15, 0.2) is 18.2 Å². The molecule has 0 amide bonds. The largest absolute Gasteiger partial charge is 0.392 e. The van der Waals surface area contributed by atoms with Crippen LogP contribution in [0, 0.1) is 5.92 Å². The van der Waals surface area contributed by atoms with Crippen molar-refractivity contribution in [2.24, 2.45) is 5.92 Å². The van der Waals surface area contributed by atoms with Crippen LogP contribution in [0.1, 0.15) is 33.3 Å². The summed E-state index contributed by atoms with van der Waals surface area (Å²) in [4.78, 5) is 2.29. The van der Waals surface area contributed by atoms with Crippen molar-refractivity contribution in [3.05, 3.63) is 28.8 Å². The van der Waals surface area contributed by atoms with Gasteiger partial charge in [0, 0.05) is 28.9 Å². The molecule has 0 aliphatic rings. The first-order valence-electron chi connectivity index (χ1n) is 6.12. The maximum absolute atomic E-state index is 9.45. The lowest BCUT2D eigenvalue weighted by molar-refractivity contribution is 0.282. The fourth-order valence-corrected chi connectivity index (χ4v) is 2.18. The highest BCUT2D eigenvalue weighted by molar-refractivity contribution is 6.31. The smallest absolute Gasteiger partial charge is 0.0716 e. The molecule has 96 valence electrons. The minimum atomic E-state index is -0.0175. The maximum atomic E-state index is 9.45. The molecule has 0 heterocycles. The molecule has 0 bridgehead atoms. The highest BCUT2D eigenvalue weighted by Crippen LogP contribution is 2.29. The maximum Gasteiger partial charge on any atom is 0.0716 e. The van der Waals surface area contributed by atoms with Crippen molar-refractivity contribution < 1.29 is 5.11 Å². The van der Waals surface area contributed by atoms with Gasteiger partial charge in [0.2, 0.25) is 0 Å². The van der Waals surface area contributed by atoms with Crippen molar-refractivity contribution in [2.45, 2.75) is 40.3 Å². The summed E-state index contributed by atoms with van der Waals surface area (Å²) in [6.45, 7) is 9.65. The van der Waals surface area contributed by atoms with Gasteiger partial charge in [0.1, 0.15) is 0 Å². The lowest BCUT2D eigenvalue weighted by Gasteiger charge is -2.32. The summed E-state index contributed by atoms with van der Waals surface area (Å²) in [5.74, 6) is 0.572. The minimum Gasteiger partial charge on any atom is -0.392 e. The number of anilines is 1. The van der Waals surface area contributed by atoms with Gasteiger partial charge in [-0.3, -0.25) is 0 Å². The van der Waals surface area contributed by atoms with Gasteiger partial charge < -0.3 is 10.0 Å². The normalized spacial score (nSPS) is 11.3. The van der Waals surface area contributed by atoms with E-state index in [-0.39, 0.29) is 6.61 Å². The molecule has 1 rings (SSSR count). The number of rotatable bonds is 5. The summed E-state index contributed by atoms with van der Waals surface area (Å²) in [5, 5.41) is 10.1. The Hall–Kier alpha value is -0.730. The van der Waals surface area contributed by atoms with Crippen molar-refractivity contribution in [3.63, 3.8) is 0 Å². The second-order valence-electron chi connectivity index (χ2n) is 5.04. The van der Waals surface area contributed by atoms with Crippen LogP contribution >= 0.6 is 11.6 Å². The first-order valence-corrected chi connectivity index (χ1v) is 6.50. The quantitative estimate of drug-likeness (QED) is 0.867. The van der Waals surface area contributed by atoms with E-state index in [0.29, 0.717) is 17.0 Å². The first kappa shape index (κ1) is 14.3. The summed E-state index contributed by atoms with van der Waals surface area (Å²) in [5.41, 5.74) is 1.87. The van der Waals surface area contributed by atoms with Crippen LogP contribution in [0.3, 0.4) is 0 Å². The van der Waals surface area contributed by atoms with Gasteiger partial charge >= 0.3 is 0 Å². The molecule has 0 aliphatic carbocycles. The monoisotopic (exact) mass is 255 g/mol. The molecule has 0 saturated carbocycles. The van der Waals surface area contributed by atoms with E-state index < -0.39 is 0 Å². The Morgan fingerprint density at radius 3 is 2.35 bits per heavy atom. The fourth-order valence-electron chi connectivity index (χ4n) is 1.95. The van der Waals surface area contributed by atoms with E-state index in [0.717, 1.165) is 17.8 Å². The summed E-state index contributed by atoms with van der Waals surface area (Å²) in [7, 11) is 0. The van der Waals surface area contributed by atoms with Crippen LogP contribution in [-0.2, 0) is 6.61 Å². The molecule has 0 radical (unpaired) electrons. The van der Waals surface area contributed by atoms with E-state index in [2.05, 4.69) is 32.6 Å². The van der Waals surface area contributed by atoms with E-state index in [4.69, 9.17) is 11.6 Å². The van der Waals surface area contributed by atoms with E-state index in [9.17, 15) is 5.11 Å². The van der Waals surface area contributed by atoms with E-state index in [1.54, 1.807) is 0 Å². The second-order valence-corrected chi connectivity index (χ2v) is 5.44. The second kappa shape index (κ2) is 6.27. The highest BCUT2D eigenvalue weighted by atomic mass is 35.5. The highest BCUT2D eigenvalue weighted by Gasteiger charge is 2.16. The predicted molar refractivity (Wildman–Crippen MR) is 74.7 cm³/mol. The predicted octanol–water partition coefficient (Wildman–Crippen LogP) is 3.70. The molecular weight excluding hydrogens is 234 g/mol. The topological polar surface area (TPSA) is 23.5 Å². The van der Waals surface area contributed by atoms with Gasteiger partial charge in [-0.1, -0.05) is 31.5 Å². The summed E-state index contributed by atoms with van der Waals surface area (Å²) in [6, 6.07) is 6.18. The van der Waals surface area contributed by atoms with Gasteiger partial charge in [-0.15, -0.1) is 0 Å². The zero-order chi connectivity index (χ0) is 13.0. The number of hydrogen-bond acceptors (Lipinski definition) is 2. The van der Waals surface area contributed by atoms with Gasteiger partial charge in [-0.25, -0.2) is 0 Å². The van der Waals surface area contributed by atoms with Crippen LogP contribution in [0.4, 0.5) is 5.69 Å². The lowest BCUT2D eigenvalue weighted by Crippen LogP contribution is -2.34. The molecule has 0 aliphatic heterocycles. The molecule has 2 nitrogen and oxygen atoms in total. The first-order chi connectivity index (χ1) is 7.97. The SMILES string of the molecule is CC(C)CN(c1cccc(Cl)c1CO)C(C)C. The van der Waals surface area contributed by atoms with Gasteiger partial charge in [0.25, 0.3) is 0 Å². The van der Waals surface area contributed by atoms with Gasteiger partial charge in [0.05, 0.1) is 6.61 Å². The molecule has 0 saturated heterocycles. The van der Waals surface area contributed by atoms with Crippen LogP contribution in [-0.4, -0.2) is 17.7 Å². The third-order valence-electron chi connectivity index (χ3n) is 2.75. The summed E-state index contributed by atoms with van der Waals surface area (Å²) in [6.07, 6.45) is 0. The Morgan fingerprint density at radius 1 is 1.24 bits per heavy atom. The number of halogens is 1. The Kier molecular flexibility index (Phi) is 5.29. The molecule has 17 heavy (non-hydrogen) atoms. The Bertz CT molecular complexity index is 363. The molecule has 1 aromatic carbocycles. The van der Waals surface area contributed by atoms with Gasteiger partial charge in [-0.2, -0.15) is 0 Å². The van der Waals surface area contributed by atoms with E-state index in [1.807, 2.05) is 18.2 Å². The van der Waals surface area contributed by atoms with E-state index >= 15 is 0 Å². The number of aliphatic hydroxyl groups is 1. The Labute approximate surface area is 109 Å². The number of aliphatic hydroxyl groups excluding tert-OH is 1. The molecule has 0 fully saturated rings. The van der Waals surface area contributed by atoms with Crippen LogP contribution in [0.5, 0.6) is 0 Å². The third kappa shape index (κ3) is 3.62. The van der Waals surface area contributed by atoms with Gasteiger partial charge in [0.15, 0.2) is 0 Å². The summed E-state index contributed by atoms with van der Waals surface area (Å²) < 4.78 is 0. The van der Waals surface area contributed by atoms with E-state index in [1.165, 1.54) is 0 Å². The minimum absolute atomic E-state index is 0.0175. The lowest BCUT2D eigenvalue weighted by atomic mass is 10.1. The van der Waals surface area contributed by atoms with Crippen molar-refractivity contribution >= 4 is 17.3 Å². The van der Waals surface area contributed by atoms with Crippen LogP contribution < -0.4 is 4.90 Å². The standard InChI is InChI=1S/C14H22ClNO/c1-10(2)8-16(11(3)4)14-7-5-6-13(15)12(14)9-17/h5-7,10-11,17H,8-9H2,1-4H3. The van der Waals surface area contributed by atoms with Crippen molar-refractivity contribution in [2.75, 3.05) is 11.4 Å². The van der Waals surface area contributed by atoms with Crippen molar-refractivity contribution in [1.29, 1.82) is 0 Å². The molecular formula is C14H22ClNO. The summed E-state index contributed by atoms with van der Waals surface area (Å²) >= 11 is 6.13. The van der Waals surface area contributed by atoms with Crippen LogP contribution in [0.25, 0.3) is 0 Å². The Balaban J connectivity index is 3.13. The number of benzene rings is 1. The average molecular weight is 256 g/mol. The average Bonchev–Trinajstić information content (AvgIpc) is 2.25. The van der Waals surface area contributed by atoms with Crippen molar-refractivity contribution in [3.8, 4) is 0 Å². The van der Waals surface area contributed by atoms with Gasteiger partial charge in [-0.05, 0) is 31.9 Å². The molecule has 3 heteroatoms. The zero-order valence-electron chi connectivity index (χ0n) is 11.1. The van der Waals surface area contributed by atoms with Crippen LogP contribution in [0.2, 0.25) is 5.02 Å². The molecule has 1 N–H and O–H groups in total. The molecule has 1 aromatic rings. The number of nitrogens with zero attached hydrogens (tertiary/aromatic N) is 1. The molecule has 0 unspecified atom stereocenters.